The van der Waals surface area contributed by atoms with Crippen LogP contribution < -0.4 is 15.5 Å². The quantitative estimate of drug-likeness (QED) is 0.0948. The summed E-state index contributed by atoms with van der Waals surface area (Å²) in [6.07, 6.45) is -1.67. The molecule has 0 unspecified atom stereocenters. The number of alkyl halides is 6. The maximum absolute atomic E-state index is 13.8. The number of carbonyl (C=O) groups is 3. The molecule has 2 fully saturated rings. The van der Waals surface area contributed by atoms with E-state index in [1.165, 1.54) is 18.2 Å². The second-order valence-electron chi connectivity index (χ2n) is 13.5. The molecule has 6 rings (SSSR count). The number of amidine groups is 2. The molecule has 60 heavy (non-hydrogen) atoms. The SMILES string of the molecule is C#CC.CN(CCN1CCOCC1)C(=O)c1cccc(C(=O)Nc2ccc(N3CCCCC3)cc2C(=O)NC2=NC(c3cccc(C(F)(F)F)c3)=NC2)c1.OOC(F)(F)F. The predicted molar refractivity (Wildman–Crippen MR) is 213 cm³/mol. The first-order chi connectivity index (χ1) is 28.5. The van der Waals surface area contributed by atoms with Crippen LogP contribution in [0, 0.1) is 12.3 Å². The molecule has 3 aliphatic rings. The van der Waals surface area contributed by atoms with Gasteiger partial charge in [0.15, 0.2) is 5.84 Å². The number of nitrogens with zero attached hydrogens (tertiary/aromatic N) is 5. The van der Waals surface area contributed by atoms with Crippen molar-refractivity contribution < 1.29 is 55.6 Å². The van der Waals surface area contributed by atoms with Crippen molar-refractivity contribution in [1.29, 1.82) is 0 Å². The topological polar surface area (TPSA) is 148 Å². The summed E-state index contributed by atoms with van der Waals surface area (Å²) in [5, 5.41) is 12.4. The highest BCUT2D eigenvalue weighted by Crippen LogP contribution is 2.30. The maximum Gasteiger partial charge on any atom is 0.549 e. The van der Waals surface area contributed by atoms with Gasteiger partial charge in [-0.15, -0.1) is 30.4 Å². The van der Waals surface area contributed by atoms with Crippen LogP contribution in [0.4, 0.5) is 37.7 Å². The Morgan fingerprint density at radius 1 is 0.900 bits per heavy atom. The Bertz CT molecular complexity index is 2060. The third kappa shape index (κ3) is 14.2. The molecule has 3 amide bonds. The molecule has 0 radical (unpaired) electrons. The number of hydrogen-bond acceptors (Lipinski definition) is 10. The molecule has 19 heteroatoms. The van der Waals surface area contributed by atoms with E-state index in [9.17, 15) is 40.7 Å². The van der Waals surface area contributed by atoms with Gasteiger partial charge in [0.25, 0.3) is 17.7 Å². The van der Waals surface area contributed by atoms with E-state index in [1.54, 1.807) is 49.2 Å². The van der Waals surface area contributed by atoms with Crippen LogP contribution in [0.2, 0.25) is 0 Å². The predicted octanol–water partition coefficient (Wildman–Crippen LogP) is 6.58. The van der Waals surface area contributed by atoms with E-state index < -0.39 is 29.9 Å². The van der Waals surface area contributed by atoms with E-state index in [4.69, 9.17) is 9.99 Å². The summed E-state index contributed by atoms with van der Waals surface area (Å²) < 4.78 is 76.2. The van der Waals surface area contributed by atoms with Crippen LogP contribution in [0.25, 0.3) is 0 Å². The van der Waals surface area contributed by atoms with E-state index in [1.807, 2.05) is 11.0 Å². The highest BCUT2D eigenvalue weighted by atomic mass is 19.4. The van der Waals surface area contributed by atoms with Crippen molar-refractivity contribution in [2.75, 3.05) is 76.3 Å². The second-order valence-corrected chi connectivity index (χ2v) is 13.5. The molecule has 3 N–H and O–H groups in total. The second kappa shape index (κ2) is 22.0. The van der Waals surface area contributed by atoms with E-state index in [0.717, 1.165) is 69.8 Å². The molecule has 322 valence electrons. The summed E-state index contributed by atoms with van der Waals surface area (Å²) in [4.78, 5) is 57.1. The molecular formula is C41H45F6N7O6. The number of anilines is 2. The van der Waals surface area contributed by atoms with Gasteiger partial charge in [0.05, 0.1) is 36.6 Å². The van der Waals surface area contributed by atoms with Gasteiger partial charge in [-0.3, -0.25) is 24.3 Å². The largest absolute Gasteiger partial charge is 0.549 e. The van der Waals surface area contributed by atoms with Crippen molar-refractivity contribution in [2.45, 2.75) is 38.7 Å². The van der Waals surface area contributed by atoms with Crippen molar-refractivity contribution >= 4 is 40.8 Å². The van der Waals surface area contributed by atoms with E-state index in [2.05, 4.69) is 42.8 Å². The summed E-state index contributed by atoms with van der Waals surface area (Å²) in [6.45, 7) is 7.50. The Hall–Kier alpha value is -5.81. The zero-order valence-corrected chi connectivity index (χ0v) is 32.9. The number of terminal acetylenes is 1. The molecule has 0 saturated carbocycles. The number of hydrogen-bond donors (Lipinski definition) is 3. The van der Waals surface area contributed by atoms with Crippen molar-refractivity contribution in [3.8, 4) is 12.3 Å². The van der Waals surface area contributed by atoms with Crippen molar-refractivity contribution in [3.63, 3.8) is 0 Å². The fourth-order valence-corrected chi connectivity index (χ4v) is 6.21. The zero-order chi connectivity index (χ0) is 43.9. The third-order valence-electron chi connectivity index (χ3n) is 9.22. The summed E-state index contributed by atoms with van der Waals surface area (Å²) in [7, 11) is 1.73. The van der Waals surface area contributed by atoms with Crippen LogP contribution in [0.1, 0.15) is 68.4 Å². The first kappa shape index (κ1) is 46.9. The number of ether oxygens (including phenoxy) is 1. The molecule has 13 nitrogen and oxygen atoms in total. The number of benzene rings is 3. The fraction of sp³-hybridized carbons (Fsp3) is 0.390. The maximum atomic E-state index is 13.8. The van der Waals surface area contributed by atoms with E-state index >= 15 is 0 Å². The monoisotopic (exact) mass is 845 g/mol. The number of carbonyl (C=O) groups excluding carboxylic acids is 3. The minimum atomic E-state index is -4.90. The van der Waals surface area contributed by atoms with Gasteiger partial charge in [0, 0.05) is 68.7 Å². The molecule has 0 atom stereocenters. The standard InChI is InChI=1S/C37H40F3N7O4.C3H4.CHF3O2/c1-45(15-16-46-17-19-51-20-18-46)36(50)27-9-5-8-26(21-27)34(48)42-31-12-11-29(47-13-3-2-4-14-47)23-30(31)35(49)44-32-24-41-33(43-32)25-7-6-10-28(22-25)37(38,39)40;1-3-2;2-1(3,4)6-5/h5-12,21-23H,2-4,13-20,24H2,1H3,(H,42,48)(H,41,43,44,49);1H,2H3;5H. The number of halogens is 6. The molecule has 2 saturated heterocycles. The zero-order valence-electron chi connectivity index (χ0n) is 32.9. The first-order valence-corrected chi connectivity index (χ1v) is 18.8. The Balaban J connectivity index is 0.000000800. The number of piperidine rings is 1. The smallest absolute Gasteiger partial charge is 0.379 e. The average molecular weight is 846 g/mol. The normalized spacial score (nSPS) is 15.5. The van der Waals surface area contributed by atoms with Crippen molar-refractivity contribution in [2.24, 2.45) is 9.98 Å². The van der Waals surface area contributed by atoms with E-state index in [-0.39, 0.29) is 46.5 Å². The summed E-state index contributed by atoms with van der Waals surface area (Å²) in [5.74, 6) is 1.21. The molecule has 3 aromatic rings. The van der Waals surface area contributed by atoms with Gasteiger partial charge in [0.1, 0.15) is 5.84 Å². The lowest BCUT2D eigenvalue weighted by Gasteiger charge is -2.29. The molecule has 3 heterocycles. The van der Waals surface area contributed by atoms with Gasteiger partial charge in [0.2, 0.25) is 0 Å². The number of morpholine rings is 1. The van der Waals surface area contributed by atoms with Crippen molar-refractivity contribution in [1.82, 2.24) is 15.1 Å². The minimum Gasteiger partial charge on any atom is -0.379 e. The molecule has 0 aromatic heterocycles. The number of likely N-dealkylation sites (N-methyl/N-ethyl adjacent to an activating group) is 1. The van der Waals surface area contributed by atoms with E-state index in [0.29, 0.717) is 25.3 Å². The molecule has 3 aliphatic heterocycles. The summed E-state index contributed by atoms with van der Waals surface area (Å²) in [5.41, 5.74) is 1.20. The van der Waals surface area contributed by atoms with Gasteiger partial charge in [-0.1, -0.05) is 18.2 Å². The Kier molecular flexibility index (Phi) is 17.2. The average Bonchev–Trinajstić information content (AvgIpc) is 3.71. The number of nitrogens with one attached hydrogen (secondary N) is 2. The molecular weight excluding hydrogens is 800 g/mol. The van der Waals surface area contributed by atoms with Gasteiger partial charge in [-0.05, 0) is 74.7 Å². The van der Waals surface area contributed by atoms with Crippen LogP contribution in [-0.2, 0) is 15.8 Å². The molecule has 0 spiro atoms. The first-order valence-electron chi connectivity index (χ1n) is 18.8. The highest BCUT2D eigenvalue weighted by molar-refractivity contribution is 6.18. The molecule has 3 aromatic carbocycles. The van der Waals surface area contributed by atoms with Gasteiger partial charge in [-0.25, -0.2) is 10.2 Å². The lowest BCUT2D eigenvalue weighted by molar-refractivity contribution is -0.464. The number of aliphatic imine (C=N–C) groups is 2. The van der Waals surface area contributed by atoms with Crippen molar-refractivity contribution in [3.05, 3.63) is 94.5 Å². The Labute approximate surface area is 343 Å². The Morgan fingerprint density at radius 3 is 2.20 bits per heavy atom. The van der Waals surface area contributed by atoms with Crippen LogP contribution in [0.3, 0.4) is 0 Å². The van der Waals surface area contributed by atoms with Crippen LogP contribution >= 0.6 is 0 Å². The lowest BCUT2D eigenvalue weighted by Crippen LogP contribution is -2.41. The minimum absolute atomic E-state index is 0.0352. The molecule has 0 bridgehead atoms. The van der Waals surface area contributed by atoms with Gasteiger partial charge >= 0.3 is 12.5 Å². The van der Waals surface area contributed by atoms with Crippen LogP contribution in [0.15, 0.2) is 76.7 Å². The van der Waals surface area contributed by atoms with Gasteiger partial charge < -0.3 is 25.2 Å². The van der Waals surface area contributed by atoms with Gasteiger partial charge in [-0.2, -0.15) is 13.2 Å². The number of rotatable bonds is 9. The number of amides is 3. The summed E-state index contributed by atoms with van der Waals surface area (Å²) >= 11 is 0. The lowest BCUT2D eigenvalue weighted by atomic mass is 10.1. The highest BCUT2D eigenvalue weighted by Gasteiger charge is 2.31. The molecule has 0 aliphatic carbocycles. The Morgan fingerprint density at radius 2 is 1.55 bits per heavy atom. The summed E-state index contributed by atoms with van der Waals surface area (Å²) in [6, 6.07) is 16.4. The van der Waals surface area contributed by atoms with Crippen LogP contribution in [0.5, 0.6) is 0 Å². The third-order valence-corrected chi connectivity index (χ3v) is 9.22. The van der Waals surface area contributed by atoms with Crippen LogP contribution in [-0.4, -0.2) is 117 Å². The fourth-order valence-electron chi connectivity index (χ4n) is 6.21.